The third-order valence-electron chi connectivity index (χ3n) is 2.84. The second-order valence-corrected chi connectivity index (χ2v) is 6.05. The zero-order valence-electron chi connectivity index (χ0n) is 10.5. The summed E-state index contributed by atoms with van der Waals surface area (Å²) in [4.78, 5) is 0. The minimum Gasteiger partial charge on any atom is -0.306 e. The van der Waals surface area contributed by atoms with Crippen molar-refractivity contribution in [2.75, 3.05) is 6.54 Å². The molecule has 1 unspecified atom stereocenters. The van der Waals surface area contributed by atoms with Crippen molar-refractivity contribution in [1.29, 1.82) is 0 Å². The fourth-order valence-electron chi connectivity index (χ4n) is 2.06. The van der Waals surface area contributed by atoms with E-state index in [1.807, 2.05) is 37.3 Å². The summed E-state index contributed by atoms with van der Waals surface area (Å²) in [5, 5.41) is 3.33. The summed E-state index contributed by atoms with van der Waals surface area (Å²) in [6.07, 6.45) is 0. The average Bonchev–Trinajstić information content (AvgIpc) is 2.36. The third-order valence-corrected chi connectivity index (χ3v) is 3.76. The molecular formula is C15H14Br2FN. The van der Waals surface area contributed by atoms with E-state index in [1.54, 1.807) is 6.07 Å². The molecule has 4 heteroatoms. The molecule has 100 valence electrons. The smallest absolute Gasteiger partial charge is 0.128 e. The van der Waals surface area contributed by atoms with Gasteiger partial charge >= 0.3 is 0 Å². The lowest BCUT2D eigenvalue weighted by Gasteiger charge is -2.20. The SMILES string of the molecule is CCNC(c1cc(Br)cc(Br)c1)c1ccccc1F. The highest BCUT2D eigenvalue weighted by Gasteiger charge is 2.17. The first kappa shape index (κ1) is 14.7. The van der Waals surface area contributed by atoms with E-state index in [9.17, 15) is 4.39 Å². The fraction of sp³-hybridized carbons (Fsp3) is 0.200. The molecule has 0 aliphatic rings. The molecule has 0 aromatic heterocycles. The zero-order chi connectivity index (χ0) is 13.8. The van der Waals surface area contributed by atoms with Crippen LogP contribution in [-0.2, 0) is 0 Å². The summed E-state index contributed by atoms with van der Waals surface area (Å²) in [6, 6.07) is 12.7. The lowest BCUT2D eigenvalue weighted by atomic mass is 9.98. The molecule has 0 saturated heterocycles. The minimum atomic E-state index is -0.190. The van der Waals surface area contributed by atoms with Crippen LogP contribution in [0.4, 0.5) is 4.39 Å². The molecule has 0 saturated carbocycles. The van der Waals surface area contributed by atoms with Gasteiger partial charge < -0.3 is 5.32 Å². The van der Waals surface area contributed by atoms with Crippen LogP contribution >= 0.6 is 31.9 Å². The van der Waals surface area contributed by atoms with Gasteiger partial charge in [-0.25, -0.2) is 4.39 Å². The Morgan fingerprint density at radius 1 is 1.11 bits per heavy atom. The molecule has 0 fully saturated rings. The van der Waals surface area contributed by atoms with Crippen molar-refractivity contribution in [3.05, 3.63) is 68.4 Å². The molecule has 2 aromatic carbocycles. The molecule has 2 rings (SSSR count). The van der Waals surface area contributed by atoms with Gasteiger partial charge in [0.25, 0.3) is 0 Å². The third kappa shape index (κ3) is 3.65. The number of nitrogens with one attached hydrogen (secondary N) is 1. The molecule has 0 amide bonds. The maximum absolute atomic E-state index is 14.0. The second-order valence-electron chi connectivity index (χ2n) is 4.21. The van der Waals surface area contributed by atoms with Crippen molar-refractivity contribution < 1.29 is 4.39 Å². The fourth-order valence-corrected chi connectivity index (χ4v) is 3.39. The summed E-state index contributed by atoms with van der Waals surface area (Å²) in [5.41, 5.74) is 1.68. The number of halogens is 3. The molecule has 1 atom stereocenters. The Bertz CT molecular complexity index is 552. The monoisotopic (exact) mass is 385 g/mol. The second kappa shape index (κ2) is 6.64. The number of hydrogen-bond donors (Lipinski definition) is 1. The van der Waals surface area contributed by atoms with Crippen LogP contribution in [0.1, 0.15) is 24.1 Å². The van der Waals surface area contributed by atoms with Gasteiger partial charge in [-0.05, 0) is 36.4 Å². The maximum Gasteiger partial charge on any atom is 0.128 e. The van der Waals surface area contributed by atoms with Gasteiger partial charge in [0.15, 0.2) is 0 Å². The molecule has 0 spiro atoms. The number of benzene rings is 2. The van der Waals surface area contributed by atoms with Gasteiger partial charge in [0.1, 0.15) is 5.82 Å². The van der Waals surface area contributed by atoms with Crippen molar-refractivity contribution in [2.24, 2.45) is 0 Å². The highest BCUT2D eigenvalue weighted by molar-refractivity contribution is 9.11. The first-order chi connectivity index (χ1) is 9.11. The van der Waals surface area contributed by atoms with Gasteiger partial charge in [0.05, 0.1) is 6.04 Å². The molecule has 1 nitrogen and oxygen atoms in total. The predicted octanol–water partition coefficient (Wildman–Crippen LogP) is 5.05. The lowest BCUT2D eigenvalue weighted by Crippen LogP contribution is -2.23. The van der Waals surface area contributed by atoms with Gasteiger partial charge in [-0.2, -0.15) is 0 Å². The first-order valence-electron chi connectivity index (χ1n) is 6.05. The number of rotatable bonds is 4. The van der Waals surface area contributed by atoms with Crippen molar-refractivity contribution in [1.82, 2.24) is 5.32 Å². The molecule has 0 aliphatic heterocycles. The highest BCUT2D eigenvalue weighted by Crippen LogP contribution is 2.29. The normalized spacial score (nSPS) is 12.4. The van der Waals surface area contributed by atoms with E-state index >= 15 is 0 Å². The predicted molar refractivity (Wildman–Crippen MR) is 83.8 cm³/mol. The Balaban J connectivity index is 2.48. The molecule has 0 aliphatic carbocycles. The van der Waals surface area contributed by atoms with Crippen LogP contribution in [-0.4, -0.2) is 6.54 Å². The maximum atomic E-state index is 14.0. The quantitative estimate of drug-likeness (QED) is 0.775. The molecule has 0 bridgehead atoms. The largest absolute Gasteiger partial charge is 0.306 e. The van der Waals surface area contributed by atoms with Crippen molar-refractivity contribution >= 4 is 31.9 Å². The number of hydrogen-bond acceptors (Lipinski definition) is 1. The summed E-state index contributed by atoms with van der Waals surface area (Å²) < 4.78 is 15.9. The van der Waals surface area contributed by atoms with Crippen LogP contribution in [0, 0.1) is 5.82 Å². The lowest BCUT2D eigenvalue weighted by molar-refractivity contribution is 0.559. The van der Waals surface area contributed by atoms with Crippen molar-refractivity contribution in [3.8, 4) is 0 Å². The minimum absolute atomic E-state index is 0.153. The average molecular weight is 387 g/mol. The van der Waals surface area contributed by atoms with E-state index in [4.69, 9.17) is 0 Å². The van der Waals surface area contributed by atoms with E-state index < -0.39 is 0 Å². The van der Waals surface area contributed by atoms with Crippen LogP contribution in [0.15, 0.2) is 51.4 Å². The molecule has 2 aromatic rings. The van der Waals surface area contributed by atoms with Gasteiger partial charge in [-0.1, -0.05) is 57.0 Å². The molecule has 0 radical (unpaired) electrons. The van der Waals surface area contributed by atoms with E-state index in [1.165, 1.54) is 6.07 Å². The van der Waals surface area contributed by atoms with E-state index in [0.29, 0.717) is 5.56 Å². The van der Waals surface area contributed by atoms with Gasteiger partial charge in [0.2, 0.25) is 0 Å². The molecule has 1 N–H and O–H groups in total. The highest BCUT2D eigenvalue weighted by atomic mass is 79.9. The topological polar surface area (TPSA) is 12.0 Å². The molecule has 0 heterocycles. The van der Waals surface area contributed by atoms with E-state index in [-0.39, 0.29) is 11.9 Å². The Morgan fingerprint density at radius 2 is 1.74 bits per heavy atom. The zero-order valence-corrected chi connectivity index (χ0v) is 13.6. The summed E-state index contributed by atoms with van der Waals surface area (Å²) in [6.45, 7) is 2.78. The van der Waals surface area contributed by atoms with Crippen LogP contribution in [0.5, 0.6) is 0 Å². The van der Waals surface area contributed by atoms with Crippen LogP contribution in [0.3, 0.4) is 0 Å². The van der Waals surface area contributed by atoms with Crippen LogP contribution < -0.4 is 5.32 Å². The summed E-state index contributed by atoms with van der Waals surface area (Å²) in [5.74, 6) is -0.190. The first-order valence-corrected chi connectivity index (χ1v) is 7.64. The van der Waals surface area contributed by atoms with Crippen LogP contribution in [0.2, 0.25) is 0 Å². The Labute approximate surface area is 129 Å². The Kier molecular flexibility index (Phi) is 5.13. The standard InChI is InChI=1S/C15H14Br2FN/c1-2-19-15(13-5-3-4-6-14(13)18)10-7-11(16)9-12(17)8-10/h3-9,15,19H,2H2,1H3. The van der Waals surface area contributed by atoms with Crippen molar-refractivity contribution in [2.45, 2.75) is 13.0 Å². The van der Waals surface area contributed by atoms with Gasteiger partial charge in [-0.3, -0.25) is 0 Å². The van der Waals surface area contributed by atoms with E-state index in [2.05, 4.69) is 37.2 Å². The van der Waals surface area contributed by atoms with Gasteiger partial charge in [-0.15, -0.1) is 0 Å². The molecular weight excluding hydrogens is 373 g/mol. The Hall–Kier alpha value is -0.710. The van der Waals surface area contributed by atoms with E-state index in [0.717, 1.165) is 21.1 Å². The van der Waals surface area contributed by atoms with Crippen molar-refractivity contribution in [3.63, 3.8) is 0 Å². The van der Waals surface area contributed by atoms with Gasteiger partial charge in [0, 0.05) is 14.5 Å². The Morgan fingerprint density at radius 3 is 2.32 bits per heavy atom. The molecule has 19 heavy (non-hydrogen) atoms. The summed E-state index contributed by atoms with van der Waals surface area (Å²) >= 11 is 6.94. The summed E-state index contributed by atoms with van der Waals surface area (Å²) in [7, 11) is 0. The van der Waals surface area contributed by atoms with Crippen LogP contribution in [0.25, 0.3) is 0 Å².